The first-order valence-corrected chi connectivity index (χ1v) is 7.93. The predicted octanol–water partition coefficient (Wildman–Crippen LogP) is 4.27. The van der Waals surface area contributed by atoms with Gasteiger partial charge in [-0.2, -0.15) is 0 Å². The first kappa shape index (κ1) is 11.9. The third kappa shape index (κ3) is 2.08. The molecular formula is C17H16N2S. The van der Waals surface area contributed by atoms with Crippen LogP contribution in [-0.2, 0) is 12.8 Å². The maximum absolute atomic E-state index is 4.52. The van der Waals surface area contributed by atoms with E-state index in [1.807, 2.05) is 6.20 Å². The van der Waals surface area contributed by atoms with E-state index < -0.39 is 0 Å². The summed E-state index contributed by atoms with van der Waals surface area (Å²) in [5, 5.41) is 7.03. The molecule has 3 aromatic rings. The lowest BCUT2D eigenvalue weighted by molar-refractivity contribution is 0.609. The molecule has 1 atom stereocenters. The molecule has 3 heteroatoms. The second kappa shape index (κ2) is 4.91. The van der Waals surface area contributed by atoms with E-state index >= 15 is 0 Å². The molecule has 0 fully saturated rings. The molecule has 0 spiro atoms. The van der Waals surface area contributed by atoms with E-state index in [0.29, 0.717) is 6.04 Å². The third-order valence-corrected chi connectivity index (χ3v) is 4.95. The normalized spacial score (nSPS) is 17.9. The zero-order valence-corrected chi connectivity index (χ0v) is 12.0. The van der Waals surface area contributed by atoms with Gasteiger partial charge in [0.2, 0.25) is 0 Å². The van der Waals surface area contributed by atoms with Crippen molar-refractivity contribution in [2.24, 2.45) is 0 Å². The summed E-state index contributed by atoms with van der Waals surface area (Å²) in [5.74, 6) is 1.04. The number of benzene rings is 1. The highest BCUT2D eigenvalue weighted by Crippen LogP contribution is 2.28. The number of nitrogens with zero attached hydrogens (tertiary/aromatic N) is 1. The van der Waals surface area contributed by atoms with Crippen LogP contribution in [0.1, 0.15) is 17.5 Å². The van der Waals surface area contributed by atoms with E-state index in [2.05, 4.69) is 52.1 Å². The average Bonchev–Trinajstić information content (AvgIpc) is 2.97. The zero-order chi connectivity index (χ0) is 13.4. The molecule has 20 heavy (non-hydrogen) atoms. The molecule has 2 aromatic heterocycles. The predicted molar refractivity (Wildman–Crippen MR) is 85.5 cm³/mol. The Morgan fingerprint density at radius 3 is 2.95 bits per heavy atom. The molecule has 0 bridgehead atoms. The van der Waals surface area contributed by atoms with Gasteiger partial charge < -0.3 is 5.32 Å². The summed E-state index contributed by atoms with van der Waals surface area (Å²) in [6.07, 6.45) is 5.34. The number of rotatable bonds is 2. The summed E-state index contributed by atoms with van der Waals surface area (Å²) in [7, 11) is 0. The molecular weight excluding hydrogens is 264 g/mol. The monoisotopic (exact) mass is 280 g/mol. The van der Waals surface area contributed by atoms with Crippen LogP contribution in [0.2, 0.25) is 0 Å². The van der Waals surface area contributed by atoms with Crippen molar-refractivity contribution < 1.29 is 0 Å². The van der Waals surface area contributed by atoms with E-state index in [4.69, 9.17) is 0 Å². The van der Waals surface area contributed by atoms with E-state index in [1.165, 1.54) is 27.6 Å². The molecule has 4 rings (SSSR count). The standard InChI is InChI=1S/C17H16N2S/c1-2-4-13-11-14(6-5-12(13)3-1)19-17-15-8-10-20-16(15)7-9-18-17/h1-4,7-10,14H,5-6,11H2,(H,18,19). The smallest absolute Gasteiger partial charge is 0.134 e. The van der Waals surface area contributed by atoms with Crippen LogP contribution in [0.4, 0.5) is 5.82 Å². The molecule has 0 amide bonds. The van der Waals surface area contributed by atoms with Crippen LogP contribution in [0.25, 0.3) is 10.1 Å². The molecule has 0 saturated carbocycles. The van der Waals surface area contributed by atoms with Crippen molar-refractivity contribution >= 4 is 27.2 Å². The second-order valence-corrected chi connectivity index (χ2v) is 6.29. The lowest BCUT2D eigenvalue weighted by Gasteiger charge is -2.26. The Bertz CT molecular complexity index is 747. The molecule has 2 nitrogen and oxygen atoms in total. The number of thiophene rings is 1. The molecule has 1 aromatic carbocycles. The molecule has 1 aliphatic rings. The maximum Gasteiger partial charge on any atom is 0.134 e. The van der Waals surface area contributed by atoms with Crippen molar-refractivity contribution in [1.82, 2.24) is 4.98 Å². The van der Waals surface area contributed by atoms with Gasteiger partial charge in [-0.15, -0.1) is 11.3 Å². The van der Waals surface area contributed by atoms with Crippen molar-refractivity contribution in [2.45, 2.75) is 25.3 Å². The van der Waals surface area contributed by atoms with Gasteiger partial charge in [0.15, 0.2) is 0 Å². The van der Waals surface area contributed by atoms with Crippen molar-refractivity contribution in [3.8, 4) is 0 Å². The average molecular weight is 280 g/mol. The van der Waals surface area contributed by atoms with Crippen molar-refractivity contribution in [3.63, 3.8) is 0 Å². The number of aryl methyl sites for hydroxylation is 1. The van der Waals surface area contributed by atoms with Gasteiger partial charge >= 0.3 is 0 Å². The van der Waals surface area contributed by atoms with Gasteiger partial charge in [0.05, 0.1) is 0 Å². The molecule has 1 aliphatic carbocycles. The maximum atomic E-state index is 4.52. The fourth-order valence-corrected chi connectivity index (χ4v) is 3.81. The minimum Gasteiger partial charge on any atom is -0.366 e. The van der Waals surface area contributed by atoms with E-state index in [-0.39, 0.29) is 0 Å². The van der Waals surface area contributed by atoms with Gasteiger partial charge in [-0.3, -0.25) is 0 Å². The van der Waals surface area contributed by atoms with Crippen molar-refractivity contribution in [1.29, 1.82) is 0 Å². The number of pyridine rings is 1. The van der Waals surface area contributed by atoms with Crippen molar-refractivity contribution in [2.75, 3.05) is 5.32 Å². The second-order valence-electron chi connectivity index (χ2n) is 5.34. The molecule has 1 unspecified atom stereocenters. The first-order chi connectivity index (χ1) is 9.90. The zero-order valence-electron chi connectivity index (χ0n) is 11.2. The number of fused-ring (bicyclic) bond motifs is 2. The summed E-state index contributed by atoms with van der Waals surface area (Å²) in [6.45, 7) is 0. The molecule has 100 valence electrons. The molecule has 0 radical (unpaired) electrons. The van der Waals surface area contributed by atoms with Crippen molar-refractivity contribution in [3.05, 3.63) is 59.1 Å². The largest absolute Gasteiger partial charge is 0.366 e. The summed E-state index contributed by atoms with van der Waals surface area (Å²) in [5.41, 5.74) is 2.99. The van der Waals surface area contributed by atoms with Gasteiger partial charge in [-0.1, -0.05) is 24.3 Å². The van der Waals surface area contributed by atoms with Crippen LogP contribution in [0.3, 0.4) is 0 Å². The van der Waals surface area contributed by atoms with Crippen LogP contribution in [0.5, 0.6) is 0 Å². The number of hydrogen-bond acceptors (Lipinski definition) is 3. The lowest BCUT2D eigenvalue weighted by Crippen LogP contribution is -2.27. The highest BCUT2D eigenvalue weighted by molar-refractivity contribution is 7.17. The Balaban J connectivity index is 1.60. The summed E-state index contributed by atoms with van der Waals surface area (Å²) < 4.78 is 1.30. The Kier molecular flexibility index (Phi) is 2.92. The summed E-state index contributed by atoms with van der Waals surface area (Å²) >= 11 is 1.77. The van der Waals surface area contributed by atoms with Crippen LogP contribution in [0.15, 0.2) is 48.0 Å². The van der Waals surface area contributed by atoms with Gasteiger partial charge in [-0.25, -0.2) is 4.98 Å². The molecule has 2 heterocycles. The number of anilines is 1. The van der Waals surface area contributed by atoms with Crippen LogP contribution >= 0.6 is 11.3 Å². The molecule has 0 aliphatic heterocycles. The topological polar surface area (TPSA) is 24.9 Å². The summed E-state index contributed by atoms with van der Waals surface area (Å²) in [6, 6.07) is 13.5. The summed E-state index contributed by atoms with van der Waals surface area (Å²) in [4.78, 5) is 4.52. The van der Waals surface area contributed by atoms with Gasteiger partial charge in [0.1, 0.15) is 5.82 Å². The minimum atomic E-state index is 0.489. The van der Waals surface area contributed by atoms with Crippen LogP contribution in [-0.4, -0.2) is 11.0 Å². The SMILES string of the molecule is c1ccc2c(c1)CCC(Nc1nccc3sccc13)C2. The molecule has 1 N–H and O–H groups in total. The Hall–Kier alpha value is -1.87. The number of aromatic nitrogens is 1. The van der Waals surface area contributed by atoms with Crippen LogP contribution in [0, 0.1) is 0 Å². The van der Waals surface area contributed by atoms with Gasteiger partial charge in [-0.05, 0) is 47.9 Å². The fourth-order valence-electron chi connectivity index (χ4n) is 3.02. The first-order valence-electron chi connectivity index (χ1n) is 7.06. The molecule has 0 saturated heterocycles. The highest BCUT2D eigenvalue weighted by atomic mass is 32.1. The van der Waals surface area contributed by atoms with Gasteiger partial charge in [0, 0.05) is 22.3 Å². The van der Waals surface area contributed by atoms with Crippen LogP contribution < -0.4 is 5.32 Å². The van der Waals surface area contributed by atoms with Gasteiger partial charge in [0.25, 0.3) is 0 Å². The quantitative estimate of drug-likeness (QED) is 0.758. The third-order valence-electron chi connectivity index (χ3n) is 4.07. The number of nitrogens with one attached hydrogen (secondary N) is 1. The fraction of sp³-hybridized carbons (Fsp3) is 0.235. The van der Waals surface area contributed by atoms with E-state index in [9.17, 15) is 0 Å². The Morgan fingerprint density at radius 2 is 2.00 bits per heavy atom. The highest BCUT2D eigenvalue weighted by Gasteiger charge is 2.19. The van der Waals surface area contributed by atoms with E-state index in [1.54, 1.807) is 11.3 Å². The number of hydrogen-bond donors (Lipinski definition) is 1. The Morgan fingerprint density at radius 1 is 1.10 bits per heavy atom. The lowest BCUT2D eigenvalue weighted by atomic mass is 9.88. The minimum absolute atomic E-state index is 0.489. The van der Waals surface area contributed by atoms with E-state index in [0.717, 1.165) is 18.7 Å². The Labute approximate surface area is 122 Å².